The van der Waals surface area contributed by atoms with E-state index in [-0.39, 0.29) is 12.4 Å². The minimum atomic E-state index is 0.0516. The minimum Gasteiger partial charge on any atom is -0.394 e. The van der Waals surface area contributed by atoms with Crippen LogP contribution in [0.3, 0.4) is 0 Å². The average molecular weight is 325 g/mol. The molecule has 0 fully saturated rings. The van der Waals surface area contributed by atoms with Gasteiger partial charge in [-0.3, -0.25) is 4.79 Å². The minimum absolute atomic E-state index is 0.0516. The summed E-state index contributed by atoms with van der Waals surface area (Å²) in [6.45, 7) is 2.60. The number of hydrogen-bond donors (Lipinski definition) is 1. The van der Waals surface area contributed by atoms with Gasteiger partial charge in [-0.25, -0.2) is 0 Å². The summed E-state index contributed by atoms with van der Waals surface area (Å²) >= 11 is 0. The largest absolute Gasteiger partial charge is 0.394 e. The Labute approximate surface area is 142 Å². The molecule has 0 radical (unpaired) electrons. The number of carbonyl (C=O) groups is 1. The van der Waals surface area contributed by atoms with E-state index in [2.05, 4.69) is 23.1 Å². The highest BCUT2D eigenvalue weighted by Gasteiger charge is 2.21. The molecule has 0 atom stereocenters. The third-order valence-corrected chi connectivity index (χ3v) is 4.42. The number of rotatable bonds is 8. The first kappa shape index (κ1) is 16.8. The summed E-state index contributed by atoms with van der Waals surface area (Å²) < 4.78 is 5.28. The second-order valence-electron chi connectivity index (χ2n) is 6.14. The molecule has 2 aromatic rings. The SMILES string of the molecule is CN(CCOCCO)CCC1=Cc2cccc3cccc(c23)C1=O. The van der Waals surface area contributed by atoms with Crippen molar-refractivity contribution in [1.29, 1.82) is 0 Å². The van der Waals surface area contributed by atoms with Gasteiger partial charge in [0, 0.05) is 29.6 Å². The lowest BCUT2D eigenvalue weighted by Gasteiger charge is -2.20. The lowest BCUT2D eigenvalue weighted by Crippen LogP contribution is -2.26. The molecule has 0 aliphatic heterocycles. The number of hydrogen-bond acceptors (Lipinski definition) is 4. The molecule has 1 aliphatic rings. The molecule has 1 aliphatic carbocycles. The number of benzene rings is 2. The highest BCUT2D eigenvalue weighted by atomic mass is 16.5. The van der Waals surface area contributed by atoms with Crippen LogP contribution in [0.1, 0.15) is 22.3 Å². The summed E-state index contributed by atoms with van der Waals surface area (Å²) in [5, 5.41) is 10.9. The number of likely N-dealkylation sites (N-methyl/N-ethyl adjacent to an activating group) is 1. The van der Waals surface area contributed by atoms with Crippen molar-refractivity contribution in [1.82, 2.24) is 4.90 Å². The van der Waals surface area contributed by atoms with Crippen molar-refractivity contribution >= 4 is 22.6 Å². The maximum Gasteiger partial charge on any atom is 0.189 e. The fourth-order valence-electron chi connectivity index (χ4n) is 3.10. The summed E-state index contributed by atoms with van der Waals surface area (Å²) in [6.07, 6.45) is 2.76. The van der Waals surface area contributed by atoms with E-state index in [4.69, 9.17) is 9.84 Å². The van der Waals surface area contributed by atoms with E-state index in [0.717, 1.165) is 47.0 Å². The Bertz CT molecular complexity index is 761. The molecule has 0 unspecified atom stereocenters. The van der Waals surface area contributed by atoms with Gasteiger partial charge in [0.15, 0.2) is 5.78 Å². The van der Waals surface area contributed by atoms with Crippen molar-refractivity contribution in [3.63, 3.8) is 0 Å². The van der Waals surface area contributed by atoms with Gasteiger partial charge in [0.1, 0.15) is 0 Å². The third-order valence-electron chi connectivity index (χ3n) is 4.42. The van der Waals surface area contributed by atoms with Crippen molar-refractivity contribution in [2.75, 3.05) is 40.0 Å². The average Bonchev–Trinajstić information content (AvgIpc) is 2.60. The highest BCUT2D eigenvalue weighted by Crippen LogP contribution is 2.32. The molecule has 0 amide bonds. The van der Waals surface area contributed by atoms with Gasteiger partial charge in [-0.05, 0) is 30.5 Å². The van der Waals surface area contributed by atoms with Gasteiger partial charge in [-0.1, -0.05) is 36.4 Å². The van der Waals surface area contributed by atoms with Crippen LogP contribution >= 0.6 is 0 Å². The number of ketones is 1. The van der Waals surface area contributed by atoms with Crippen LogP contribution in [0.2, 0.25) is 0 Å². The van der Waals surface area contributed by atoms with E-state index in [1.807, 2.05) is 31.3 Å². The summed E-state index contributed by atoms with van der Waals surface area (Å²) in [4.78, 5) is 14.9. The Hall–Kier alpha value is -2.01. The molecule has 0 aromatic heterocycles. The maximum absolute atomic E-state index is 12.8. The number of nitrogens with zero attached hydrogens (tertiary/aromatic N) is 1. The summed E-state index contributed by atoms with van der Waals surface area (Å²) in [5.41, 5.74) is 2.81. The maximum atomic E-state index is 12.8. The van der Waals surface area contributed by atoms with Gasteiger partial charge in [-0.15, -0.1) is 0 Å². The number of ether oxygens (including phenoxy) is 1. The van der Waals surface area contributed by atoms with E-state index in [1.54, 1.807) is 0 Å². The first-order valence-corrected chi connectivity index (χ1v) is 8.35. The Morgan fingerprint density at radius 3 is 2.67 bits per heavy atom. The van der Waals surface area contributed by atoms with Crippen LogP contribution in [0.5, 0.6) is 0 Å². The lowest BCUT2D eigenvalue weighted by atomic mass is 9.87. The van der Waals surface area contributed by atoms with Crippen LogP contribution in [0.15, 0.2) is 42.0 Å². The molecule has 3 rings (SSSR count). The highest BCUT2D eigenvalue weighted by molar-refractivity contribution is 6.22. The summed E-state index contributed by atoms with van der Waals surface area (Å²) in [6, 6.07) is 12.1. The fourth-order valence-corrected chi connectivity index (χ4v) is 3.10. The van der Waals surface area contributed by atoms with E-state index < -0.39 is 0 Å². The molecule has 0 saturated heterocycles. The quantitative estimate of drug-likeness (QED) is 0.758. The predicted octanol–water partition coefficient (Wildman–Crippen LogP) is 2.75. The van der Waals surface area contributed by atoms with Crippen LogP contribution in [0.25, 0.3) is 16.8 Å². The zero-order chi connectivity index (χ0) is 16.9. The molecule has 126 valence electrons. The monoisotopic (exact) mass is 325 g/mol. The Morgan fingerprint density at radius 1 is 1.08 bits per heavy atom. The number of carbonyl (C=O) groups excluding carboxylic acids is 1. The Morgan fingerprint density at radius 2 is 1.88 bits per heavy atom. The molecule has 0 saturated carbocycles. The number of aliphatic hydroxyl groups is 1. The lowest BCUT2D eigenvalue weighted by molar-refractivity contribution is 0.0784. The zero-order valence-electron chi connectivity index (χ0n) is 14.0. The molecule has 0 bridgehead atoms. The topological polar surface area (TPSA) is 49.8 Å². The fraction of sp³-hybridized carbons (Fsp3) is 0.350. The van der Waals surface area contributed by atoms with Gasteiger partial charge in [-0.2, -0.15) is 0 Å². The van der Waals surface area contributed by atoms with Gasteiger partial charge < -0.3 is 14.7 Å². The van der Waals surface area contributed by atoms with Crippen molar-refractivity contribution in [3.8, 4) is 0 Å². The molecule has 1 N–H and O–H groups in total. The van der Waals surface area contributed by atoms with Crippen LogP contribution in [-0.4, -0.2) is 55.7 Å². The summed E-state index contributed by atoms with van der Waals surface area (Å²) in [5.74, 6) is 0.143. The first-order valence-electron chi connectivity index (χ1n) is 8.35. The van der Waals surface area contributed by atoms with Crippen molar-refractivity contribution in [3.05, 3.63) is 53.1 Å². The Balaban J connectivity index is 1.68. The first-order chi connectivity index (χ1) is 11.7. The molecule has 0 spiro atoms. The molecule has 0 heterocycles. The van der Waals surface area contributed by atoms with Gasteiger partial charge >= 0.3 is 0 Å². The van der Waals surface area contributed by atoms with E-state index in [1.165, 1.54) is 0 Å². The molecule has 2 aromatic carbocycles. The Kier molecular flexibility index (Phi) is 5.41. The van der Waals surface area contributed by atoms with Crippen LogP contribution in [0.4, 0.5) is 0 Å². The smallest absolute Gasteiger partial charge is 0.189 e. The number of aliphatic hydroxyl groups excluding tert-OH is 1. The van der Waals surface area contributed by atoms with Gasteiger partial charge in [0.2, 0.25) is 0 Å². The van der Waals surface area contributed by atoms with Crippen molar-refractivity contribution < 1.29 is 14.6 Å². The predicted molar refractivity (Wildman–Crippen MR) is 96.3 cm³/mol. The van der Waals surface area contributed by atoms with Crippen LogP contribution in [0, 0.1) is 0 Å². The van der Waals surface area contributed by atoms with E-state index in [0.29, 0.717) is 13.2 Å². The van der Waals surface area contributed by atoms with Crippen LogP contribution < -0.4 is 0 Å². The second kappa shape index (κ2) is 7.71. The molecule has 24 heavy (non-hydrogen) atoms. The van der Waals surface area contributed by atoms with Crippen molar-refractivity contribution in [2.45, 2.75) is 6.42 Å². The standard InChI is InChI=1S/C20H23NO3/c1-21(10-12-24-13-11-22)9-8-17-14-16-6-2-4-15-5-3-7-18(19(15)16)20(17)23/h2-7,14,22H,8-13H2,1H3. The molecular weight excluding hydrogens is 302 g/mol. The zero-order valence-corrected chi connectivity index (χ0v) is 14.0. The molecular formula is C20H23NO3. The van der Waals surface area contributed by atoms with Crippen LogP contribution in [-0.2, 0) is 4.74 Å². The second-order valence-corrected chi connectivity index (χ2v) is 6.14. The molecule has 4 heteroatoms. The summed E-state index contributed by atoms with van der Waals surface area (Å²) in [7, 11) is 2.02. The normalized spacial score (nSPS) is 13.6. The van der Waals surface area contributed by atoms with Gasteiger partial charge in [0.05, 0.1) is 19.8 Å². The van der Waals surface area contributed by atoms with E-state index >= 15 is 0 Å². The van der Waals surface area contributed by atoms with E-state index in [9.17, 15) is 4.79 Å². The third kappa shape index (κ3) is 3.56. The van der Waals surface area contributed by atoms with Crippen molar-refractivity contribution in [2.24, 2.45) is 0 Å². The number of Topliss-reactive ketones (excluding diaryl/α,β-unsaturated/α-hetero) is 1. The van der Waals surface area contributed by atoms with Gasteiger partial charge in [0.25, 0.3) is 0 Å². The molecule has 4 nitrogen and oxygen atoms in total.